The zero-order chi connectivity index (χ0) is 16.7. The standard InChI is InChI=1S/C16H26BFN4/c1-6-13(12(7-8-18)9-10(2)3)22-16(19)14-15(20-5)17-11(4)21-14/h6-8,10,12-13,17,22H,1,9,19H2,2-5H3/b8-7+,16-14-,20-15+. The fourth-order valence-electron chi connectivity index (χ4n) is 2.59. The summed E-state index contributed by atoms with van der Waals surface area (Å²) in [7, 11) is 2.45. The Morgan fingerprint density at radius 1 is 1.55 bits per heavy atom. The predicted molar refractivity (Wildman–Crippen MR) is 95.1 cm³/mol. The van der Waals surface area contributed by atoms with Gasteiger partial charge >= 0.3 is 0 Å². The van der Waals surface area contributed by atoms with E-state index in [4.69, 9.17) is 5.73 Å². The van der Waals surface area contributed by atoms with E-state index in [2.05, 4.69) is 35.7 Å². The third kappa shape index (κ3) is 4.86. The smallest absolute Gasteiger partial charge is 0.237 e. The van der Waals surface area contributed by atoms with Crippen molar-refractivity contribution in [1.29, 1.82) is 0 Å². The van der Waals surface area contributed by atoms with Gasteiger partial charge in [0, 0.05) is 18.6 Å². The Kier molecular flexibility index (Phi) is 7.08. The van der Waals surface area contributed by atoms with Crippen LogP contribution in [-0.4, -0.2) is 31.6 Å². The second-order valence-corrected chi connectivity index (χ2v) is 5.97. The van der Waals surface area contributed by atoms with Crippen LogP contribution in [0.25, 0.3) is 0 Å². The lowest BCUT2D eigenvalue weighted by Gasteiger charge is -2.25. The van der Waals surface area contributed by atoms with Crippen molar-refractivity contribution >= 4 is 18.5 Å². The molecule has 0 saturated carbocycles. The molecule has 120 valence electrons. The molecule has 0 aromatic heterocycles. The Hall–Kier alpha value is -1.85. The van der Waals surface area contributed by atoms with Crippen LogP contribution in [0.2, 0.25) is 0 Å². The van der Waals surface area contributed by atoms with Crippen molar-refractivity contribution in [1.82, 2.24) is 5.32 Å². The molecule has 1 heterocycles. The van der Waals surface area contributed by atoms with E-state index >= 15 is 0 Å². The van der Waals surface area contributed by atoms with Crippen LogP contribution in [0.15, 0.2) is 46.6 Å². The number of nitrogens with zero attached hydrogens (tertiary/aromatic N) is 2. The lowest BCUT2D eigenvalue weighted by atomic mass is 9.69. The molecule has 1 aliphatic heterocycles. The van der Waals surface area contributed by atoms with Crippen LogP contribution in [0.4, 0.5) is 4.39 Å². The van der Waals surface area contributed by atoms with Crippen LogP contribution in [0.5, 0.6) is 0 Å². The lowest BCUT2D eigenvalue weighted by molar-refractivity contribution is 0.409. The number of allylic oxidation sites excluding steroid dienone is 1. The largest absolute Gasteiger partial charge is 0.384 e. The van der Waals surface area contributed by atoms with Gasteiger partial charge in [0.1, 0.15) is 11.5 Å². The van der Waals surface area contributed by atoms with Gasteiger partial charge in [-0.3, -0.25) is 4.99 Å². The summed E-state index contributed by atoms with van der Waals surface area (Å²) in [6.07, 6.45) is 4.74. The summed E-state index contributed by atoms with van der Waals surface area (Å²) < 4.78 is 12.7. The Bertz CT molecular complexity index is 520. The molecule has 4 nitrogen and oxygen atoms in total. The Balaban J connectivity index is 2.99. The third-order valence-corrected chi connectivity index (χ3v) is 3.63. The summed E-state index contributed by atoms with van der Waals surface area (Å²) in [5, 5.41) is 3.22. The average Bonchev–Trinajstić information content (AvgIpc) is 2.85. The van der Waals surface area contributed by atoms with Crippen LogP contribution < -0.4 is 11.1 Å². The zero-order valence-electron chi connectivity index (χ0n) is 13.9. The van der Waals surface area contributed by atoms with Gasteiger partial charge in [0.15, 0.2) is 0 Å². The van der Waals surface area contributed by atoms with Crippen molar-refractivity contribution in [3.05, 3.63) is 36.6 Å². The van der Waals surface area contributed by atoms with Crippen molar-refractivity contribution in [2.24, 2.45) is 27.6 Å². The summed E-state index contributed by atoms with van der Waals surface area (Å²) in [5.74, 6) is 0.886. The van der Waals surface area contributed by atoms with Gasteiger partial charge in [-0.1, -0.05) is 26.0 Å². The maximum absolute atomic E-state index is 12.7. The van der Waals surface area contributed by atoms with E-state index in [1.54, 1.807) is 19.2 Å². The van der Waals surface area contributed by atoms with E-state index in [0.717, 1.165) is 17.6 Å². The van der Waals surface area contributed by atoms with Crippen molar-refractivity contribution in [3.8, 4) is 0 Å². The summed E-state index contributed by atoms with van der Waals surface area (Å²) in [5.41, 5.74) is 8.69. The fraction of sp³-hybridized carbons (Fsp3) is 0.500. The molecule has 0 saturated heterocycles. The van der Waals surface area contributed by atoms with Gasteiger partial charge in [-0.15, -0.1) is 6.58 Å². The van der Waals surface area contributed by atoms with Crippen LogP contribution >= 0.6 is 0 Å². The van der Waals surface area contributed by atoms with Gasteiger partial charge < -0.3 is 16.0 Å². The van der Waals surface area contributed by atoms with Gasteiger partial charge in [-0.05, 0) is 24.9 Å². The molecule has 0 spiro atoms. The van der Waals surface area contributed by atoms with Crippen LogP contribution in [0.3, 0.4) is 0 Å². The highest BCUT2D eigenvalue weighted by molar-refractivity contribution is 7.02. The summed E-state index contributed by atoms with van der Waals surface area (Å²) in [4.78, 5) is 8.67. The lowest BCUT2D eigenvalue weighted by Crippen LogP contribution is -2.37. The molecule has 0 aromatic rings. The molecular formula is C16H26BFN4. The molecule has 22 heavy (non-hydrogen) atoms. The number of hydrogen-bond donors (Lipinski definition) is 2. The molecule has 0 amide bonds. The Morgan fingerprint density at radius 2 is 2.23 bits per heavy atom. The second-order valence-electron chi connectivity index (χ2n) is 5.97. The zero-order valence-corrected chi connectivity index (χ0v) is 13.9. The molecule has 0 radical (unpaired) electrons. The first-order valence-electron chi connectivity index (χ1n) is 7.58. The molecule has 0 fully saturated rings. The van der Waals surface area contributed by atoms with Gasteiger partial charge in [0.2, 0.25) is 7.28 Å². The van der Waals surface area contributed by atoms with Crippen molar-refractivity contribution in [2.75, 3.05) is 7.05 Å². The molecule has 2 atom stereocenters. The third-order valence-electron chi connectivity index (χ3n) is 3.63. The van der Waals surface area contributed by atoms with Crippen molar-refractivity contribution in [3.63, 3.8) is 0 Å². The molecular weight excluding hydrogens is 278 g/mol. The van der Waals surface area contributed by atoms with Gasteiger partial charge in [0.05, 0.1) is 12.4 Å². The van der Waals surface area contributed by atoms with Crippen molar-refractivity contribution < 1.29 is 4.39 Å². The monoisotopic (exact) mass is 304 g/mol. The molecule has 1 rings (SSSR count). The van der Waals surface area contributed by atoms with Crippen LogP contribution in [0, 0.1) is 11.8 Å². The van der Waals surface area contributed by atoms with E-state index in [1.165, 1.54) is 0 Å². The molecule has 1 aliphatic rings. The molecule has 0 bridgehead atoms. The predicted octanol–water partition coefficient (Wildman–Crippen LogP) is 2.30. The highest BCUT2D eigenvalue weighted by Crippen LogP contribution is 2.20. The van der Waals surface area contributed by atoms with E-state index in [9.17, 15) is 4.39 Å². The van der Waals surface area contributed by atoms with E-state index in [-0.39, 0.29) is 12.0 Å². The summed E-state index contributed by atoms with van der Waals surface area (Å²) in [6.45, 7) is 10.00. The molecule has 0 aliphatic carbocycles. The van der Waals surface area contributed by atoms with Crippen LogP contribution in [-0.2, 0) is 0 Å². The molecule has 2 unspecified atom stereocenters. The van der Waals surface area contributed by atoms with E-state index in [0.29, 0.717) is 31.0 Å². The second kappa shape index (κ2) is 8.56. The van der Waals surface area contributed by atoms with Crippen LogP contribution in [0.1, 0.15) is 27.2 Å². The number of nitrogens with two attached hydrogens (primary N) is 1. The minimum Gasteiger partial charge on any atom is -0.384 e. The number of halogens is 1. The van der Waals surface area contributed by atoms with E-state index in [1.807, 2.05) is 6.92 Å². The quantitative estimate of drug-likeness (QED) is 0.560. The first kappa shape index (κ1) is 18.2. The van der Waals surface area contributed by atoms with Gasteiger partial charge in [0.25, 0.3) is 0 Å². The molecule has 0 aromatic carbocycles. The van der Waals surface area contributed by atoms with Crippen molar-refractivity contribution in [2.45, 2.75) is 33.2 Å². The first-order valence-corrected chi connectivity index (χ1v) is 7.58. The number of nitrogens with one attached hydrogen (secondary N) is 1. The normalized spacial score (nSPS) is 21.7. The van der Waals surface area contributed by atoms with Gasteiger partial charge in [-0.25, -0.2) is 4.39 Å². The SMILES string of the molecule is C=CC(N/C(N)=C1\N=C(C)B\C1=N\C)C(/C=C/F)CC(C)C. The topological polar surface area (TPSA) is 62.8 Å². The van der Waals surface area contributed by atoms with Gasteiger partial charge in [-0.2, -0.15) is 0 Å². The minimum absolute atomic E-state index is 0.0184. The summed E-state index contributed by atoms with van der Waals surface area (Å²) in [6, 6.07) is -0.156. The Labute approximate surface area is 133 Å². The van der Waals surface area contributed by atoms with E-state index < -0.39 is 0 Å². The Morgan fingerprint density at radius 3 is 2.73 bits per heavy atom. The number of rotatable bonds is 7. The molecule has 3 N–H and O–H groups in total. The fourth-order valence-corrected chi connectivity index (χ4v) is 2.59. The minimum atomic E-state index is -0.156. The number of hydrogen-bond acceptors (Lipinski definition) is 4. The first-order chi connectivity index (χ1) is 10.4. The highest BCUT2D eigenvalue weighted by Gasteiger charge is 2.23. The summed E-state index contributed by atoms with van der Waals surface area (Å²) >= 11 is 0. The maximum atomic E-state index is 12.7. The highest BCUT2D eigenvalue weighted by atomic mass is 19.1. The maximum Gasteiger partial charge on any atom is 0.237 e. The average molecular weight is 304 g/mol. The molecule has 6 heteroatoms. The number of aliphatic imine (C=N–C) groups is 2.